The zero-order valence-electron chi connectivity index (χ0n) is 11.6. The highest BCUT2D eigenvalue weighted by atomic mass is 32.2. The van der Waals surface area contributed by atoms with Crippen molar-refractivity contribution in [3.05, 3.63) is 36.4 Å². The Morgan fingerprint density at radius 3 is 2.22 bits per heavy atom. The number of hydrogen-bond acceptors (Lipinski definition) is 8. The molecule has 0 unspecified atom stereocenters. The van der Waals surface area contributed by atoms with E-state index in [-0.39, 0.29) is 22.3 Å². The summed E-state index contributed by atoms with van der Waals surface area (Å²) in [7, 11) is -4.34. The number of amidine groups is 2. The monoisotopic (exact) mass is 332 g/mol. The zero-order chi connectivity index (χ0) is 16.6. The number of benzene rings is 2. The topological polar surface area (TPSA) is 156 Å². The molecule has 0 fully saturated rings. The first-order valence-electron chi connectivity index (χ1n) is 6.38. The summed E-state index contributed by atoms with van der Waals surface area (Å²) in [6.07, 6.45) is 0. The van der Waals surface area contributed by atoms with E-state index < -0.39 is 10.1 Å². The molecule has 0 amide bonds. The summed E-state index contributed by atoms with van der Waals surface area (Å²) < 4.78 is 32.2. The van der Waals surface area contributed by atoms with Gasteiger partial charge in [-0.15, -0.1) is 10.2 Å². The van der Waals surface area contributed by atoms with E-state index in [1.807, 2.05) is 0 Å². The Morgan fingerprint density at radius 2 is 1.61 bits per heavy atom. The maximum Gasteiger partial charge on any atom is 0.295 e. The SMILES string of the molecule is NC1=NN=C(N)C1=NNc1ccc(S(=O)(=O)O)c2ccccc12. The molecule has 118 valence electrons. The number of hydrogen-bond donors (Lipinski definition) is 4. The molecule has 2 aromatic carbocycles. The summed E-state index contributed by atoms with van der Waals surface area (Å²) in [6, 6.07) is 9.43. The Balaban J connectivity index is 2.09. The molecule has 0 atom stereocenters. The highest BCUT2D eigenvalue weighted by molar-refractivity contribution is 7.86. The third kappa shape index (κ3) is 2.72. The smallest absolute Gasteiger partial charge is 0.295 e. The van der Waals surface area contributed by atoms with E-state index in [1.165, 1.54) is 12.1 Å². The molecule has 0 aliphatic carbocycles. The Kier molecular flexibility index (Phi) is 3.47. The molecule has 6 N–H and O–H groups in total. The molecule has 2 aromatic rings. The minimum Gasteiger partial charge on any atom is -0.380 e. The van der Waals surface area contributed by atoms with Crippen LogP contribution < -0.4 is 16.9 Å². The highest BCUT2D eigenvalue weighted by Crippen LogP contribution is 2.29. The van der Waals surface area contributed by atoms with Gasteiger partial charge in [0.2, 0.25) is 0 Å². The normalized spacial score (nSPS) is 14.6. The lowest BCUT2D eigenvalue weighted by Crippen LogP contribution is -2.32. The number of anilines is 1. The van der Waals surface area contributed by atoms with Crippen LogP contribution >= 0.6 is 0 Å². The van der Waals surface area contributed by atoms with Crippen LogP contribution in [-0.2, 0) is 10.1 Å². The van der Waals surface area contributed by atoms with Crippen molar-refractivity contribution in [2.45, 2.75) is 4.90 Å². The van der Waals surface area contributed by atoms with E-state index in [2.05, 4.69) is 20.7 Å². The number of fused-ring (bicyclic) bond motifs is 1. The van der Waals surface area contributed by atoms with Crippen LogP contribution in [0.1, 0.15) is 0 Å². The lowest BCUT2D eigenvalue weighted by atomic mass is 10.1. The summed E-state index contributed by atoms with van der Waals surface area (Å²) in [6.45, 7) is 0. The van der Waals surface area contributed by atoms with Gasteiger partial charge in [0.05, 0.1) is 5.69 Å². The van der Waals surface area contributed by atoms with Crippen molar-refractivity contribution in [2.24, 2.45) is 26.8 Å². The summed E-state index contributed by atoms with van der Waals surface area (Å²) in [5, 5.41) is 12.1. The summed E-state index contributed by atoms with van der Waals surface area (Å²) in [5.41, 5.74) is 14.7. The molecule has 0 radical (unpaired) electrons. The lowest BCUT2D eigenvalue weighted by Gasteiger charge is -2.09. The highest BCUT2D eigenvalue weighted by Gasteiger charge is 2.18. The molecule has 1 aliphatic heterocycles. The first-order chi connectivity index (χ1) is 10.9. The Hall–Kier alpha value is -2.98. The van der Waals surface area contributed by atoms with E-state index in [0.29, 0.717) is 16.5 Å². The molecular formula is C13H12N6O3S. The van der Waals surface area contributed by atoms with Gasteiger partial charge in [0.15, 0.2) is 17.4 Å². The van der Waals surface area contributed by atoms with Crippen molar-refractivity contribution in [3.63, 3.8) is 0 Å². The predicted molar refractivity (Wildman–Crippen MR) is 88.1 cm³/mol. The van der Waals surface area contributed by atoms with Crippen LogP contribution in [0, 0.1) is 0 Å². The number of nitrogens with two attached hydrogens (primary N) is 2. The zero-order valence-corrected chi connectivity index (χ0v) is 12.4. The lowest BCUT2D eigenvalue weighted by molar-refractivity contribution is 0.484. The summed E-state index contributed by atoms with van der Waals surface area (Å²) in [4.78, 5) is -0.186. The van der Waals surface area contributed by atoms with Gasteiger partial charge in [0.25, 0.3) is 10.1 Å². The summed E-state index contributed by atoms with van der Waals surface area (Å²) >= 11 is 0. The van der Waals surface area contributed by atoms with E-state index in [0.717, 1.165) is 0 Å². The van der Waals surface area contributed by atoms with Gasteiger partial charge < -0.3 is 11.5 Å². The molecule has 0 bridgehead atoms. The molecule has 10 heteroatoms. The minimum absolute atomic E-state index is 0.0776. The van der Waals surface area contributed by atoms with Gasteiger partial charge in [-0.05, 0) is 12.1 Å². The second kappa shape index (κ2) is 5.34. The Bertz CT molecular complexity index is 974. The van der Waals surface area contributed by atoms with Gasteiger partial charge in [-0.3, -0.25) is 9.98 Å². The fourth-order valence-electron chi connectivity index (χ4n) is 2.16. The van der Waals surface area contributed by atoms with Gasteiger partial charge in [-0.2, -0.15) is 13.5 Å². The van der Waals surface area contributed by atoms with Gasteiger partial charge in [0.1, 0.15) is 4.90 Å². The van der Waals surface area contributed by atoms with Crippen LogP contribution in [0.15, 0.2) is 56.6 Å². The van der Waals surface area contributed by atoms with Crippen LogP contribution in [0.2, 0.25) is 0 Å². The molecule has 3 rings (SSSR count). The maximum absolute atomic E-state index is 11.5. The van der Waals surface area contributed by atoms with Crippen molar-refractivity contribution in [1.29, 1.82) is 0 Å². The van der Waals surface area contributed by atoms with E-state index in [9.17, 15) is 13.0 Å². The number of nitrogens with zero attached hydrogens (tertiary/aromatic N) is 3. The quantitative estimate of drug-likeness (QED) is 0.473. The maximum atomic E-state index is 11.5. The number of hydrazone groups is 1. The molecule has 9 nitrogen and oxygen atoms in total. The average molecular weight is 332 g/mol. The second-order valence-corrected chi connectivity index (χ2v) is 6.06. The second-order valence-electron chi connectivity index (χ2n) is 4.67. The molecule has 1 heterocycles. The first-order valence-corrected chi connectivity index (χ1v) is 7.82. The van der Waals surface area contributed by atoms with Crippen LogP contribution in [-0.4, -0.2) is 30.4 Å². The molecule has 23 heavy (non-hydrogen) atoms. The molecule has 1 aliphatic rings. The van der Waals surface area contributed by atoms with Gasteiger partial charge in [0, 0.05) is 10.8 Å². The Labute approximate surface area is 131 Å². The molecular weight excluding hydrogens is 320 g/mol. The standard InChI is InChI=1S/C13H12N6O3S/c14-12-11(13(15)19-18-12)17-16-9-5-6-10(23(20,21)22)8-4-2-1-3-7(8)9/h1-6,16H,(H,20,21,22)(H4,14,15,17,18,19). The fourth-order valence-corrected chi connectivity index (χ4v) is 2.85. The van der Waals surface area contributed by atoms with Gasteiger partial charge in [-0.25, -0.2) is 0 Å². The Morgan fingerprint density at radius 1 is 1.00 bits per heavy atom. The van der Waals surface area contributed by atoms with E-state index in [4.69, 9.17) is 11.5 Å². The van der Waals surface area contributed by atoms with Gasteiger partial charge in [-0.1, -0.05) is 24.3 Å². The molecule has 0 saturated heterocycles. The van der Waals surface area contributed by atoms with Crippen molar-refractivity contribution >= 4 is 44.0 Å². The van der Waals surface area contributed by atoms with Gasteiger partial charge >= 0.3 is 0 Å². The van der Waals surface area contributed by atoms with Crippen molar-refractivity contribution in [3.8, 4) is 0 Å². The van der Waals surface area contributed by atoms with E-state index >= 15 is 0 Å². The fraction of sp³-hybridized carbons (Fsp3) is 0. The average Bonchev–Trinajstić information content (AvgIpc) is 2.82. The van der Waals surface area contributed by atoms with Crippen molar-refractivity contribution in [2.75, 3.05) is 5.43 Å². The third-order valence-electron chi connectivity index (χ3n) is 3.20. The van der Waals surface area contributed by atoms with Crippen molar-refractivity contribution < 1.29 is 13.0 Å². The number of rotatable bonds is 3. The number of nitrogens with one attached hydrogen (secondary N) is 1. The first kappa shape index (κ1) is 14.9. The molecule has 0 spiro atoms. The third-order valence-corrected chi connectivity index (χ3v) is 4.11. The molecule has 0 saturated carbocycles. The summed E-state index contributed by atoms with van der Waals surface area (Å²) in [5.74, 6) is 0.155. The molecule has 0 aromatic heterocycles. The van der Waals surface area contributed by atoms with Crippen LogP contribution in [0.4, 0.5) is 5.69 Å². The van der Waals surface area contributed by atoms with Crippen LogP contribution in [0.25, 0.3) is 10.8 Å². The predicted octanol–water partition coefficient (Wildman–Crippen LogP) is 0.497. The minimum atomic E-state index is -4.34. The largest absolute Gasteiger partial charge is 0.380 e. The van der Waals surface area contributed by atoms with Crippen molar-refractivity contribution in [1.82, 2.24) is 0 Å². The van der Waals surface area contributed by atoms with E-state index in [1.54, 1.807) is 24.3 Å². The van der Waals surface area contributed by atoms with Crippen LogP contribution in [0.5, 0.6) is 0 Å². The van der Waals surface area contributed by atoms with Crippen LogP contribution in [0.3, 0.4) is 0 Å².